The van der Waals surface area contributed by atoms with Crippen LogP contribution in [0.15, 0.2) is 23.2 Å². The first-order valence-electron chi connectivity index (χ1n) is 5.56. The average molecular weight is 235 g/mol. The van der Waals surface area contributed by atoms with E-state index in [4.69, 9.17) is 14.6 Å². The number of hydrogen-bond acceptors (Lipinski definition) is 4. The zero-order chi connectivity index (χ0) is 12.5. The van der Waals surface area contributed by atoms with Crippen molar-refractivity contribution in [1.82, 2.24) is 0 Å². The van der Waals surface area contributed by atoms with Crippen molar-refractivity contribution in [2.45, 2.75) is 26.0 Å². The van der Waals surface area contributed by atoms with Gasteiger partial charge in [0.1, 0.15) is 12.4 Å². The van der Waals surface area contributed by atoms with Gasteiger partial charge in [0, 0.05) is 11.1 Å². The van der Waals surface area contributed by atoms with Crippen molar-refractivity contribution in [2.24, 2.45) is 4.99 Å². The molecule has 92 valence electrons. The normalized spacial score (nSPS) is 17.5. The maximum atomic E-state index is 9.15. The monoisotopic (exact) mass is 235 g/mol. The molecule has 0 unspecified atom stereocenters. The number of rotatable bonds is 3. The van der Waals surface area contributed by atoms with E-state index in [1.165, 1.54) is 0 Å². The molecule has 1 aromatic rings. The molecule has 1 aliphatic rings. The van der Waals surface area contributed by atoms with Gasteiger partial charge in [-0.2, -0.15) is 0 Å². The highest BCUT2D eigenvalue weighted by atomic mass is 16.5. The SMILES string of the molecule is COc1cc(C2=NC(C)(C)CO2)ccc1CO. The first-order valence-corrected chi connectivity index (χ1v) is 5.56. The first-order chi connectivity index (χ1) is 8.05. The van der Waals surface area contributed by atoms with Crippen LogP contribution in [0.3, 0.4) is 0 Å². The summed E-state index contributed by atoms with van der Waals surface area (Å²) in [5, 5.41) is 9.15. The molecule has 4 heteroatoms. The molecule has 0 fully saturated rings. The smallest absolute Gasteiger partial charge is 0.216 e. The fourth-order valence-corrected chi connectivity index (χ4v) is 1.74. The van der Waals surface area contributed by atoms with E-state index in [1.807, 2.05) is 32.0 Å². The largest absolute Gasteiger partial charge is 0.496 e. The van der Waals surface area contributed by atoms with Crippen molar-refractivity contribution in [2.75, 3.05) is 13.7 Å². The summed E-state index contributed by atoms with van der Waals surface area (Å²) in [5.41, 5.74) is 1.47. The molecule has 0 aromatic heterocycles. The van der Waals surface area contributed by atoms with E-state index in [9.17, 15) is 0 Å². The molecule has 0 spiro atoms. The van der Waals surface area contributed by atoms with Gasteiger partial charge in [-0.1, -0.05) is 6.07 Å². The zero-order valence-electron chi connectivity index (χ0n) is 10.4. The molecular formula is C13H17NO3. The minimum absolute atomic E-state index is 0.0394. The Morgan fingerprint density at radius 3 is 2.76 bits per heavy atom. The Morgan fingerprint density at radius 1 is 1.47 bits per heavy atom. The Morgan fingerprint density at radius 2 is 2.24 bits per heavy atom. The maximum Gasteiger partial charge on any atom is 0.216 e. The summed E-state index contributed by atoms with van der Waals surface area (Å²) < 4.78 is 10.8. The Balaban J connectivity index is 2.35. The molecule has 1 aliphatic heterocycles. The second kappa shape index (κ2) is 4.37. The first kappa shape index (κ1) is 11.9. The molecule has 0 aliphatic carbocycles. The summed E-state index contributed by atoms with van der Waals surface area (Å²) in [6.07, 6.45) is 0. The van der Waals surface area contributed by atoms with E-state index in [0.717, 1.165) is 11.1 Å². The van der Waals surface area contributed by atoms with Crippen LogP contribution in [0, 0.1) is 0 Å². The molecular weight excluding hydrogens is 218 g/mol. The van der Waals surface area contributed by atoms with Gasteiger partial charge in [-0.3, -0.25) is 0 Å². The predicted molar refractivity (Wildman–Crippen MR) is 65.5 cm³/mol. The lowest BCUT2D eigenvalue weighted by Crippen LogP contribution is -2.17. The van der Waals surface area contributed by atoms with Crippen molar-refractivity contribution in [3.8, 4) is 5.75 Å². The van der Waals surface area contributed by atoms with Gasteiger partial charge in [0.2, 0.25) is 5.90 Å². The molecule has 0 saturated carbocycles. The Kier molecular flexibility index (Phi) is 3.07. The van der Waals surface area contributed by atoms with Crippen LogP contribution in [0.25, 0.3) is 0 Å². The van der Waals surface area contributed by atoms with Crippen LogP contribution >= 0.6 is 0 Å². The van der Waals surface area contributed by atoms with Gasteiger partial charge in [0.25, 0.3) is 0 Å². The summed E-state index contributed by atoms with van der Waals surface area (Å²) in [5.74, 6) is 1.29. The Labute approximate surface area is 101 Å². The number of ether oxygens (including phenoxy) is 2. The van der Waals surface area contributed by atoms with Gasteiger partial charge in [-0.05, 0) is 26.0 Å². The van der Waals surface area contributed by atoms with Gasteiger partial charge in [0.05, 0.1) is 19.3 Å². The summed E-state index contributed by atoms with van der Waals surface area (Å²) in [4.78, 5) is 4.50. The van der Waals surface area contributed by atoms with Crippen LogP contribution in [0.1, 0.15) is 25.0 Å². The zero-order valence-corrected chi connectivity index (χ0v) is 10.4. The number of aliphatic hydroxyl groups is 1. The van der Waals surface area contributed by atoms with Gasteiger partial charge in [0.15, 0.2) is 0 Å². The average Bonchev–Trinajstić information content (AvgIpc) is 2.68. The van der Waals surface area contributed by atoms with Gasteiger partial charge >= 0.3 is 0 Å². The van der Waals surface area contributed by atoms with Crippen LogP contribution < -0.4 is 4.74 Å². The second-order valence-corrected chi connectivity index (χ2v) is 4.70. The van der Waals surface area contributed by atoms with E-state index < -0.39 is 0 Å². The highest BCUT2D eigenvalue weighted by Gasteiger charge is 2.27. The summed E-state index contributed by atoms with van der Waals surface area (Å²) in [6.45, 7) is 4.60. The number of nitrogens with zero attached hydrogens (tertiary/aromatic N) is 1. The molecule has 1 heterocycles. The van der Waals surface area contributed by atoms with E-state index >= 15 is 0 Å². The molecule has 2 rings (SSSR count). The fourth-order valence-electron chi connectivity index (χ4n) is 1.74. The predicted octanol–water partition coefficient (Wildman–Crippen LogP) is 1.74. The van der Waals surface area contributed by atoms with Crippen molar-refractivity contribution in [3.63, 3.8) is 0 Å². The molecule has 0 bridgehead atoms. The number of benzene rings is 1. The van der Waals surface area contributed by atoms with Crippen LogP contribution in [0.2, 0.25) is 0 Å². The van der Waals surface area contributed by atoms with E-state index in [0.29, 0.717) is 18.3 Å². The summed E-state index contributed by atoms with van der Waals surface area (Å²) >= 11 is 0. The number of aliphatic imine (C=N–C) groups is 1. The van der Waals surface area contributed by atoms with Crippen LogP contribution in [-0.2, 0) is 11.3 Å². The Bertz CT molecular complexity index is 452. The third kappa shape index (κ3) is 2.42. The number of hydrogen-bond donors (Lipinski definition) is 1. The van der Waals surface area contributed by atoms with E-state index in [1.54, 1.807) is 7.11 Å². The van der Waals surface area contributed by atoms with Crippen molar-refractivity contribution >= 4 is 5.90 Å². The lowest BCUT2D eigenvalue weighted by molar-refractivity contribution is 0.273. The lowest BCUT2D eigenvalue weighted by Gasteiger charge is -2.08. The molecule has 1 aromatic carbocycles. The molecule has 0 radical (unpaired) electrons. The second-order valence-electron chi connectivity index (χ2n) is 4.70. The number of aliphatic hydroxyl groups excluding tert-OH is 1. The third-order valence-electron chi connectivity index (χ3n) is 2.67. The molecule has 4 nitrogen and oxygen atoms in total. The van der Waals surface area contributed by atoms with E-state index in [2.05, 4.69) is 4.99 Å². The molecule has 0 amide bonds. The van der Waals surface area contributed by atoms with Crippen LogP contribution in [0.4, 0.5) is 0 Å². The van der Waals surface area contributed by atoms with E-state index in [-0.39, 0.29) is 12.1 Å². The number of methoxy groups -OCH3 is 1. The third-order valence-corrected chi connectivity index (χ3v) is 2.67. The fraction of sp³-hybridized carbons (Fsp3) is 0.462. The highest BCUT2D eigenvalue weighted by Crippen LogP contribution is 2.25. The van der Waals surface area contributed by atoms with Gasteiger partial charge in [-0.25, -0.2) is 4.99 Å². The highest BCUT2D eigenvalue weighted by molar-refractivity contribution is 5.95. The van der Waals surface area contributed by atoms with Crippen LogP contribution in [-0.4, -0.2) is 30.3 Å². The molecule has 17 heavy (non-hydrogen) atoms. The van der Waals surface area contributed by atoms with Crippen molar-refractivity contribution < 1.29 is 14.6 Å². The van der Waals surface area contributed by atoms with Gasteiger partial charge < -0.3 is 14.6 Å². The minimum atomic E-state index is -0.168. The molecule has 0 saturated heterocycles. The molecule has 0 atom stereocenters. The standard InChI is InChI=1S/C13H17NO3/c1-13(2)8-17-12(14-13)9-4-5-10(7-15)11(6-9)16-3/h4-6,15H,7-8H2,1-3H3. The summed E-state index contributed by atoms with van der Waals surface area (Å²) in [6, 6.07) is 5.55. The van der Waals surface area contributed by atoms with Crippen LogP contribution in [0.5, 0.6) is 5.75 Å². The molecule has 1 N–H and O–H groups in total. The summed E-state index contributed by atoms with van der Waals surface area (Å²) in [7, 11) is 1.58. The maximum absolute atomic E-state index is 9.15. The topological polar surface area (TPSA) is 51.0 Å². The van der Waals surface area contributed by atoms with Gasteiger partial charge in [-0.15, -0.1) is 0 Å². The van der Waals surface area contributed by atoms with Crippen molar-refractivity contribution in [3.05, 3.63) is 29.3 Å². The lowest BCUT2D eigenvalue weighted by atomic mass is 10.1. The Hall–Kier alpha value is -1.55. The quantitative estimate of drug-likeness (QED) is 0.868. The minimum Gasteiger partial charge on any atom is -0.496 e. The van der Waals surface area contributed by atoms with Crippen molar-refractivity contribution in [1.29, 1.82) is 0 Å².